The van der Waals surface area contributed by atoms with Gasteiger partial charge in [-0.15, -0.1) is 0 Å². The van der Waals surface area contributed by atoms with Crippen molar-refractivity contribution < 1.29 is 4.84 Å². The minimum absolute atomic E-state index is 0.0227. The van der Waals surface area contributed by atoms with Crippen molar-refractivity contribution in [1.29, 1.82) is 0 Å². The zero-order valence-electron chi connectivity index (χ0n) is 8.62. The van der Waals surface area contributed by atoms with E-state index in [9.17, 15) is 0 Å². The van der Waals surface area contributed by atoms with Crippen molar-refractivity contribution in [3.05, 3.63) is 0 Å². The fraction of sp³-hybridized carbons (Fsp3) is 0.900. The number of piperidine rings is 3. The minimum Gasteiger partial charge on any atom is -0.386 e. The zero-order valence-corrected chi connectivity index (χ0v) is 8.62. The Labute approximate surface area is 84.3 Å². The van der Waals surface area contributed by atoms with Crippen LogP contribution in [0.3, 0.4) is 0 Å². The Balaban J connectivity index is 1.80. The summed E-state index contributed by atoms with van der Waals surface area (Å²) >= 11 is 0. The molecule has 4 nitrogen and oxygen atoms in total. The Kier molecular flexibility index (Phi) is 1.74. The van der Waals surface area contributed by atoms with E-state index >= 15 is 0 Å². The number of fused-ring (bicyclic) bond motifs is 2. The highest BCUT2D eigenvalue weighted by Gasteiger charge is 2.52. The van der Waals surface area contributed by atoms with Crippen molar-refractivity contribution in [2.75, 3.05) is 26.7 Å². The summed E-state index contributed by atoms with van der Waals surface area (Å²) in [6.45, 7) is 3.58. The summed E-state index contributed by atoms with van der Waals surface area (Å²) in [4.78, 5) is 8.21. The molecule has 4 rings (SSSR count). The quantitative estimate of drug-likeness (QED) is 0.608. The fourth-order valence-electron chi connectivity index (χ4n) is 3.06. The van der Waals surface area contributed by atoms with Gasteiger partial charge in [0.15, 0.2) is 5.60 Å². The first-order valence-electron chi connectivity index (χ1n) is 5.47. The van der Waals surface area contributed by atoms with Crippen LogP contribution >= 0.6 is 0 Å². The van der Waals surface area contributed by atoms with E-state index in [2.05, 4.69) is 15.4 Å². The molecule has 0 aromatic heterocycles. The van der Waals surface area contributed by atoms with Gasteiger partial charge in [-0.05, 0) is 25.9 Å². The Morgan fingerprint density at radius 3 is 2.79 bits per heavy atom. The van der Waals surface area contributed by atoms with E-state index in [0.29, 0.717) is 0 Å². The van der Waals surface area contributed by atoms with Crippen LogP contribution in [0.15, 0.2) is 5.16 Å². The lowest BCUT2D eigenvalue weighted by molar-refractivity contribution is -0.136. The van der Waals surface area contributed by atoms with E-state index in [-0.39, 0.29) is 5.60 Å². The molecular weight excluding hydrogens is 178 g/mol. The smallest absolute Gasteiger partial charge is 0.160 e. The van der Waals surface area contributed by atoms with Crippen molar-refractivity contribution in [3.63, 3.8) is 0 Å². The predicted molar refractivity (Wildman–Crippen MR) is 54.1 cm³/mol. The molecule has 0 aromatic rings. The van der Waals surface area contributed by atoms with E-state index < -0.39 is 0 Å². The van der Waals surface area contributed by atoms with E-state index in [4.69, 9.17) is 4.84 Å². The van der Waals surface area contributed by atoms with Crippen LogP contribution in [-0.2, 0) is 4.84 Å². The van der Waals surface area contributed by atoms with Crippen molar-refractivity contribution in [1.82, 2.24) is 10.2 Å². The van der Waals surface area contributed by atoms with Crippen LogP contribution in [0.4, 0.5) is 0 Å². The molecule has 0 unspecified atom stereocenters. The first-order chi connectivity index (χ1) is 6.82. The van der Waals surface area contributed by atoms with Crippen LogP contribution in [0.25, 0.3) is 0 Å². The fourth-order valence-corrected chi connectivity index (χ4v) is 3.06. The summed E-state index contributed by atoms with van der Waals surface area (Å²) in [6, 6.07) is 0. The van der Waals surface area contributed by atoms with Crippen molar-refractivity contribution in [2.24, 2.45) is 11.1 Å². The number of hydrogen-bond donors (Lipinski definition) is 1. The summed E-state index contributed by atoms with van der Waals surface area (Å²) in [6.07, 6.45) is 3.55. The second-order valence-corrected chi connectivity index (χ2v) is 4.67. The maximum absolute atomic E-state index is 5.70. The molecule has 3 saturated heterocycles. The Morgan fingerprint density at radius 1 is 1.50 bits per heavy atom. The van der Waals surface area contributed by atoms with Gasteiger partial charge in [0.1, 0.15) is 5.84 Å². The van der Waals surface area contributed by atoms with Gasteiger partial charge in [0.2, 0.25) is 0 Å². The molecule has 1 N–H and O–H groups in total. The summed E-state index contributed by atoms with van der Waals surface area (Å²) in [5, 5.41) is 7.23. The lowest BCUT2D eigenvalue weighted by Crippen LogP contribution is -2.59. The summed E-state index contributed by atoms with van der Waals surface area (Å²) < 4.78 is 0. The van der Waals surface area contributed by atoms with E-state index in [1.807, 2.05) is 7.05 Å². The molecule has 14 heavy (non-hydrogen) atoms. The molecule has 4 aliphatic rings. The highest BCUT2D eigenvalue weighted by molar-refractivity contribution is 5.83. The van der Waals surface area contributed by atoms with Crippen LogP contribution in [0.5, 0.6) is 0 Å². The second kappa shape index (κ2) is 2.86. The van der Waals surface area contributed by atoms with Gasteiger partial charge in [0.05, 0.1) is 6.42 Å². The molecule has 4 aliphatic heterocycles. The minimum atomic E-state index is 0.0227. The Morgan fingerprint density at radius 2 is 2.29 bits per heavy atom. The Hall–Kier alpha value is -0.770. The van der Waals surface area contributed by atoms with E-state index in [1.165, 1.54) is 25.9 Å². The number of rotatable bonds is 0. The van der Waals surface area contributed by atoms with Gasteiger partial charge in [-0.3, -0.25) is 4.90 Å². The van der Waals surface area contributed by atoms with Gasteiger partial charge >= 0.3 is 0 Å². The van der Waals surface area contributed by atoms with Gasteiger partial charge in [-0.25, -0.2) is 0 Å². The van der Waals surface area contributed by atoms with Crippen molar-refractivity contribution in [2.45, 2.75) is 24.9 Å². The molecule has 0 aromatic carbocycles. The van der Waals surface area contributed by atoms with Gasteiger partial charge in [0.25, 0.3) is 0 Å². The molecule has 2 bridgehead atoms. The van der Waals surface area contributed by atoms with E-state index in [1.54, 1.807) is 0 Å². The molecule has 0 saturated carbocycles. The van der Waals surface area contributed by atoms with Crippen LogP contribution in [0.2, 0.25) is 0 Å². The Bertz CT molecular complexity index is 271. The van der Waals surface area contributed by atoms with Crippen LogP contribution in [0, 0.1) is 5.92 Å². The summed E-state index contributed by atoms with van der Waals surface area (Å²) in [5.41, 5.74) is 0.0227. The van der Waals surface area contributed by atoms with Crippen molar-refractivity contribution >= 4 is 5.84 Å². The molecule has 4 heteroatoms. The number of nitrogens with zero attached hydrogens (tertiary/aromatic N) is 2. The molecule has 0 amide bonds. The van der Waals surface area contributed by atoms with Gasteiger partial charge in [-0.1, -0.05) is 5.16 Å². The molecule has 4 heterocycles. The van der Waals surface area contributed by atoms with Gasteiger partial charge < -0.3 is 10.2 Å². The predicted octanol–water partition coefficient (Wildman–Crippen LogP) is 0.404. The average molecular weight is 195 g/mol. The van der Waals surface area contributed by atoms with Crippen LogP contribution in [-0.4, -0.2) is 43.0 Å². The lowest BCUT2D eigenvalue weighted by atomic mass is 9.73. The highest BCUT2D eigenvalue weighted by Crippen LogP contribution is 2.42. The zero-order chi connectivity index (χ0) is 9.60. The molecule has 0 aliphatic carbocycles. The lowest BCUT2D eigenvalue weighted by Gasteiger charge is -2.49. The number of hydrogen-bond acceptors (Lipinski definition) is 4. The number of amidine groups is 1. The maximum Gasteiger partial charge on any atom is 0.160 e. The molecule has 3 fully saturated rings. The maximum atomic E-state index is 5.70. The second-order valence-electron chi connectivity index (χ2n) is 4.67. The standard InChI is InChI=1S/C10H17N3O/c1-11-9-6-10(14-12-9)7-13-4-2-8(10)3-5-13/h8H,2-7H2,1H3,(H,11,12)/t10-/m0/s1. The van der Waals surface area contributed by atoms with Crippen LogP contribution < -0.4 is 5.32 Å². The molecule has 1 spiro atoms. The number of oxime groups is 1. The molecule has 0 radical (unpaired) electrons. The highest BCUT2D eigenvalue weighted by atomic mass is 16.7. The largest absolute Gasteiger partial charge is 0.386 e. The third-order valence-corrected chi connectivity index (χ3v) is 3.92. The van der Waals surface area contributed by atoms with Gasteiger partial charge in [-0.2, -0.15) is 0 Å². The normalized spacial score (nSPS) is 45.1. The summed E-state index contributed by atoms with van der Waals surface area (Å²) in [7, 11) is 1.92. The topological polar surface area (TPSA) is 36.9 Å². The third-order valence-electron chi connectivity index (χ3n) is 3.92. The van der Waals surface area contributed by atoms with Crippen molar-refractivity contribution in [3.8, 4) is 0 Å². The molecular formula is C10H17N3O. The summed E-state index contributed by atoms with van der Waals surface area (Å²) in [5.74, 6) is 1.74. The van der Waals surface area contributed by atoms with Crippen LogP contribution in [0.1, 0.15) is 19.3 Å². The first kappa shape index (κ1) is 8.53. The van der Waals surface area contributed by atoms with Gasteiger partial charge in [0, 0.05) is 19.5 Å². The first-order valence-corrected chi connectivity index (χ1v) is 5.47. The molecule has 78 valence electrons. The molecule has 1 atom stereocenters. The average Bonchev–Trinajstić information content (AvgIpc) is 2.63. The number of nitrogens with one attached hydrogen (secondary N) is 1. The monoisotopic (exact) mass is 195 g/mol. The van der Waals surface area contributed by atoms with E-state index in [0.717, 1.165) is 24.7 Å². The third kappa shape index (κ3) is 1.06. The SMILES string of the molecule is CNC1=NO[C@@]2(C1)CN1CCC2CC1.